The number of methoxy groups -OCH3 is 1. The zero-order chi connectivity index (χ0) is 21.3. The Morgan fingerprint density at radius 1 is 1.07 bits per heavy atom. The highest BCUT2D eigenvalue weighted by atomic mass is 16.5. The molecule has 2 aromatic carbocycles. The van der Waals surface area contributed by atoms with E-state index in [1.807, 2.05) is 0 Å². The Balaban J connectivity index is 1.64. The summed E-state index contributed by atoms with van der Waals surface area (Å²) in [6, 6.07) is 14.7. The van der Waals surface area contributed by atoms with Crippen molar-refractivity contribution in [3.8, 4) is 11.5 Å². The van der Waals surface area contributed by atoms with Crippen molar-refractivity contribution in [3.05, 3.63) is 89.2 Å². The highest BCUT2D eigenvalue weighted by Crippen LogP contribution is 2.28. The normalized spacial score (nSPS) is 10.6. The molecule has 152 valence electrons. The molecule has 3 rings (SSSR count). The molecule has 1 N–H and O–H groups in total. The maximum absolute atomic E-state index is 12.0. The number of aromatic carboxylic acids is 1. The van der Waals surface area contributed by atoms with E-state index >= 15 is 0 Å². The van der Waals surface area contributed by atoms with E-state index in [0.29, 0.717) is 28.2 Å². The molecular weight excluding hydrogens is 386 g/mol. The van der Waals surface area contributed by atoms with Gasteiger partial charge in [-0.25, -0.2) is 5.43 Å². The Hall–Kier alpha value is -4.20. The van der Waals surface area contributed by atoms with Gasteiger partial charge >= 0.3 is 0 Å². The van der Waals surface area contributed by atoms with Crippen LogP contribution in [0.4, 0.5) is 0 Å². The number of carboxylic acid groups (broad SMARTS) is 1. The molecule has 30 heavy (non-hydrogen) atoms. The summed E-state index contributed by atoms with van der Waals surface area (Å²) in [6.45, 7) is 0.160. The number of aromatic nitrogens is 1. The number of rotatable bonds is 8. The topological polar surface area (TPSA) is 113 Å². The second kappa shape index (κ2) is 9.83. The quantitative estimate of drug-likeness (QED) is 0.452. The number of carboxylic acids is 1. The fourth-order valence-corrected chi connectivity index (χ4v) is 2.57. The highest BCUT2D eigenvalue weighted by molar-refractivity contribution is 5.94. The van der Waals surface area contributed by atoms with Crippen LogP contribution in [0.15, 0.2) is 72.1 Å². The number of ether oxygens (including phenoxy) is 2. The van der Waals surface area contributed by atoms with E-state index in [-0.39, 0.29) is 18.1 Å². The van der Waals surface area contributed by atoms with Gasteiger partial charge in [0.1, 0.15) is 6.61 Å². The molecule has 0 aliphatic carbocycles. The molecule has 0 saturated heterocycles. The van der Waals surface area contributed by atoms with Gasteiger partial charge in [-0.15, -0.1) is 0 Å². The van der Waals surface area contributed by atoms with Gasteiger partial charge in [-0.3, -0.25) is 9.78 Å². The van der Waals surface area contributed by atoms with Crippen LogP contribution in [0.2, 0.25) is 0 Å². The third kappa shape index (κ3) is 5.41. The summed E-state index contributed by atoms with van der Waals surface area (Å²) in [4.78, 5) is 26.8. The molecule has 1 amide bonds. The van der Waals surface area contributed by atoms with Crippen LogP contribution < -0.4 is 20.0 Å². The van der Waals surface area contributed by atoms with Crippen molar-refractivity contribution in [1.82, 2.24) is 10.4 Å². The molecule has 3 aromatic rings. The molecular formula is C22H18N3O5-. The fourth-order valence-electron chi connectivity index (χ4n) is 2.57. The standard InChI is InChI=1S/C22H19N3O5/c1-29-20-12-15(13-24-25-21(26)17-7-9-23-10-8-17)5-6-19(20)30-14-16-3-2-4-18(11-16)22(27)28/h2-13H,14H2,1H3,(H,25,26)(H,27,28)/p-1/b24-13-. The van der Waals surface area contributed by atoms with Gasteiger partial charge in [0.25, 0.3) is 5.91 Å². The van der Waals surface area contributed by atoms with E-state index in [1.165, 1.54) is 37.9 Å². The monoisotopic (exact) mass is 404 g/mol. The van der Waals surface area contributed by atoms with Crippen molar-refractivity contribution in [2.24, 2.45) is 5.10 Å². The van der Waals surface area contributed by atoms with E-state index in [1.54, 1.807) is 42.5 Å². The summed E-state index contributed by atoms with van der Waals surface area (Å²) < 4.78 is 11.1. The van der Waals surface area contributed by atoms with Gasteiger partial charge in [-0.2, -0.15) is 5.10 Å². The molecule has 0 aliphatic rings. The Labute approximate surface area is 172 Å². The van der Waals surface area contributed by atoms with Crippen molar-refractivity contribution < 1.29 is 24.2 Å². The largest absolute Gasteiger partial charge is 0.545 e. The van der Waals surface area contributed by atoms with Crippen LogP contribution in [-0.2, 0) is 6.61 Å². The lowest BCUT2D eigenvalue weighted by atomic mass is 10.1. The molecule has 1 heterocycles. The Morgan fingerprint density at radius 2 is 1.87 bits per heavy atom. The maximum atomic E-state index is 12.0. The minimum absolute atomic E-state index is 0.0865. The number of hydrogen-bond acceptors (Lipinski definition) is 7. The first-order valence-corrected chi connectivity index (χ1v) is 8.91. The first-order chi connectivity index (χ1) is 14.6. The molecule has 8 nitrogen and oxygen atoms in total. The zero-order valence-corrected chi connectivity index (χ0v) is 16.1. The van der Waals surface area contributed by atoms with Crippen molar-refractivity contribution in [2.75, 3.05) is 7.11 Å². The van der Waals surface area contributed by atoms with Crippen molar-refractivity contribution in [1.29, 1.82) is 0 Å². The predicted molar refractivity (Wildman–Crippen MR) is 107 cm³/mol. The summed E-state index contributed by atoms with van der Waals surface area (Å²) in [5.41, 5.74) is 4.35. The number of nitrogens with zero attached hydrogens (tertiary/aromatic N) is 2. The van der Waals surface area contributed by atoms with Gasteiger partial charge in [-0.05, 0) is 53.1 Å². The molecule has 0 atom stereocenters. The number of carbonyl (C=O) groups excluding carboxylic acids is 2. The number of amides is 1. The van der Waals surface area contributed by atoms with Crippen LogP contribution in [0.1, 0.15) is 31.8 Å². The van der Waals surface area contributed by atoms with Gasteiger partial charge < -0.3 is 19.4 Å². The number of hydrogen-bond donors (Lipinski definition) is 1. The number of pyridine rings is 1. The van der Waals surface area contributed by atoms with Crippen molar-refractivity contribution in [2.45, 2.75) is 6.61 Å². The summed E-state index contributed by atoms with van der Waals surface area (Å²) in [6.07, 6.45) is 4.53. The molecule has 8 heteroatoms. The molecule has 0 aliphatic heterocycles. The van der Waals surface area contributed by atoms with Crippen molar-refractivity contribution in [3.63, 3.8) is 0 Å². The summed E-state index contributed by atoms with van der Waals surface area (Å²) in [5.74, 6) is -0.641. The Bertz CT molecular complexity index is 1070. The minimum Gasteiger partial charge on any atom is -0.545 e. The predicted octanol–water partition coefficient (Wildman–Crippen LogP) is 1.80. The Kier molecular flexibility index (Phi) is 6.73. The number of hydrazone groups is 1. The molecule has 0 saturated carbocycles. The van der Waals surface area contributed by atoms with Crippen LogP contribution in [-0.4, -0.2) is 30.2 Å². The first-order valence-electron chi connectivity index (χ1n) is 8.91. The minimum atomic E-state index is -1.24. The van der Waals surface area contributed by atoms with Gasteiger partial charge in [0.2, 0.25) is 0 Å². The SMILES string of the molecule is COc1cc(/C=N\NC(=O)c2ccncc2)ccc1OCc1cccc(C(=O)[O-])c1. The second-order valence-electron chi connectivity index (χ2n) is 6.12. The van der Waals surface area contributed by atoms with E-state index in [9.17, 15) is 14.7 Å². The summed E-state index contributed by atoms with van der Waals surface area (Å²) in [5, 5.41) is 14.9. The summed E-state index contributed by atoms with van der Waals surface area (Å²) >= 11 is 0. The van der Waals surface area contributed by atoms with E-state index in [4.69, 9.17) is 9.47 Å². The first kappa shape index (κ1) is 20.5. The lowest BCUT2D eigenvalue weighted by Gasteiger charge is -2.12. The lowest BCUT2D eigenvalue weighted by molar-refractivity contribution is -0.255. The third-order valence-electron chi connectivity index (χ3n) is 4.07. The van der Waals surface area contributed by atoms with E-state index < -0.39 is 5.97 Å². The average Bonchev–Trinajstić information content (AvgIpc) is 2.78. The lowest BCUT2D eigenvalue weighted by Crippen LogP contribution is -2.22. The zero-order valence-electron chi connectivity index (χ0n) is 16.1. The van der Waals surface area contributed by atoms with Crippen LogP contribution in [0.5, 0.6) is 11.5 Å². The maximum Gasteiger partial charge on any atom is 0.271 e. The molecule has 0 spiro atoms. The van der Waals surface area contributed by atoms with Crippen LogP contribution >= 0.6 is 0 Å². The van der Waals surface area contributed by atoms with Crippen LogP contribution in [0.3, 0.4) is 0 Å². The van der Waals surface area contributed by atoms with Crippen LogP contribution in [0.25, 0.3) is 0 Å². The second-order valence-corrected chi connectivity index (χ2v) is 6.12. The van der Waals surface area contributed by atoms with Crippen LogP contribution in [0, 0.1) is 0 Å². The number of carbonyl (C=O) groups is 2. The fraction of sp³-hybridized carbons (Fsp3) is 0.0909. The molecule has 0 radical (unpaired) electrons. The number of nitrogens with one attached hydrogen (secondary N) is 1. The van der Waals surface area contributed by atoms with E-state index in [0.717, 1.165) is 0 Å². The smallest absolute Gasteiger partial charge is 0.271 e. The van der Waals surface area contributed by atoms with Gasteiger partial charge in [-0.1, -0.05) is 18.2 Å². The Morgan fingerprint density at radius 3 is 2.60 bits per heavy atom. The average molecular weight is 404 g/mol. The highest BCUT2D eigenvalue weighted by Gasteiger charge is 2.07. The van der Waals surface area contributed by atoms with E-state index in [2.05, 4.69) is 15.5 Å². The molecule has 1 aromatic heterocycles. The molecule has 0 bridgehead atoms. The molecule has 0 unspecified atom stereocenters. The third-order valence-corrected chi connectivity index (χ3v) is 4.07. The van der Waals surface area contributed by atoms with Crippen molar-refractivity contribution >= 4 is 18.1 Å². The number of benzene rings is 2. The summed E-state index contributed by atoms with van der Waals surface area (Å²) in [7, 11) is 1.51. The van der Waals surface area contributed by atoms with Gasteiger partial charge in [0, 0.05) is 18.0 Å². The molecule has 0 fully saturated rings. The van der Waals surface area contributed by atoms with Gasteiger partial charge in [0.15, 0.2) is 11.5 Å². The van der Waals surface area contributed by atoms with Gasteiger partial charge in [0.05, 0.1) is 19.3 Å².